The second-order valence-electron chi connectivity index (χ2n) is 5.55. The molecule has 76 valence electrons. The summed E-state index contributed by atoms with van der Waals surface area (Å²) in [5, 5.41) is 3.64. The van der Waals surface area contributed by atoms with E-state index >= 15 is 0 Å². The Balaban J connectivity index is 1.98. The Morgan fingerprint density at radius 3 is 2.86 bits per heavy atom. The molecule has 3 rings (SSSR count). The van der Waals surface area contributed by atoms with Crippen molar-refractivity contribution in [2.75, 3.05) is 6.54 Å². The summed E-state index contributed by atoms with van der Waals surface area (Å²) in [5.74, 6) is 1.21. The molecular weight excluding hydrogens is 174 g/mol. The van der Waals surface area contributed by atoms with Crippen LogP contribution in [-0.4, -0.2) is 6.54 Å². The van der Waals surface area contributed by atoms with E-state index in [0.717, 1.165) is 13.0 Å². The first kappa shape index (κ1) is 8.54. The van der Waals surface area contributed by atoms with Crippen LogP contribution in [0.15, 0.2) is 16.7 Å². The van der Waals surface area contributed by atoms with Gasteiger partial charge in [0.15, 0.2) is 0 Å². The Bertz CT molecular complexity index is 356. The summed E-state index contributed by atoms with van der Waals surface area (Å²) < 4.78 is 5.64. The molecule has 0 amide bonds. The van der Waals surface area contributed by atoms with E-state index in [1.54, 1.807) is 0 Å². The highest BCUT2D eigenvalue weighted by Gasteiger charge is 2.53. The molecule has 0 atom stereocenters. The molecule has 0 saturated heterocycles. The lowest BCUT2D eigenvalue weighted by Gasteiger charge is -2.54. The van der Waals surface area contributed by atoms with E-state index < -0.39 is 0 Å². The zero-order valence-corrected chi connectivity index (χ0v) is 8.89. The van der Waals surface area contributed by atoms with Crippen molar-refractivity contribution in [2.45, 2.75) is 38.6 Å². The van der Waals surface area contributed by atoms with E-state index in [0.29, 0.717) is 5.41 Å². The molecule has 2 heterocycles. The van der Waals surface area contributed by atoms with Crippen molar-refractivity contribution in [3.63, 3.8) is 0 Å². The van der Waals surface area contributed by atoms with Crippen molar-refractivity contribution < 1.29 is 4.42 Å². The topological polar surface area (TPSA) is 25.2 Å². The number of hydrogen-bond donors (Lipinski definition) is 1. The maximum Gasteiger partial charge on any atom is 0.127 e. The Morgan fingerprint density at radius 1 is 1.36 bits per heavy atom. The first-order valence-corrected chi connectivity index (χ1v) is 5.43. The van der Waals surface area contributed by atoms with E-state index in [1.165, 1.54) is 24.2 Å². The third-order valence-electron chi connectivity index (χ3n) is 3.60. The summed E-state index contributed by atoms with van der Waals surface area (Å²) in [7, 11) is 0. The summed E-state index contributed by atoms with van der Waals surface area (Å²) in [4.78, 5) is 0. The van der Waals surface area contributed by atoms with Gasteiger partial charge >= 0.3 is 0 Å². The second-order valence-corrected chi connectivity index (χ2v) is 5.55. The molecule has 1 fully saturated rings. The SMILES string of the molecule is CC1(C)CC2(C1)NCCc1ccoc12. The van der Waals surface area contributed by atoms with Crippen molar-refractivity contribution in [3.05, 3.63) is 23.7 Å². The van der Waals surface area contributed by atoms with Crippen LogP contribution < -0.4 is 5.32 Å². The molecule has 1 aromatic rings. The number of rotatable bonds is 0. The van der Waals surface area contributed by atoms with E-state index in [9.17, 15) is 0 Å². The van der Waals surface area contributed by atoms with Gasteiger partial charge in [0.1, 0.15) is 5.76 Å². The highest BCUT2D eigenvalue weighted by molar-refractivity contribution is 5.31. The molecule has 1 N–H and O–H groups in total. The number of furan rings is 1. The van der Waals surface area contributed by atoms with E-state index in [2.05, 4.69) is 25.2 Å². The van der Waals surface area contributed by atoms with Gasteiger partial charge in [-0.25, -0.2) is 0 Å². The smallest absolute Gasteiger partial charge is 0.127 e. The summed E-state index contributed by atoms with van der Waals surface area (Å²) in [6.07, 6.45) is 5.37. The van der Waals surface area contributed by atoms with Crippen molar-refractivity contribution in [3.8, 4) is 0 Å². The predicted octanol–water partition coefficient (Wildman–Crippen LogP) is 2.44. The molecule has 1 aromatic heterocycles. The maximum absolute atomic E-state index is 5.64. The third-order valence-corrected chi connectivity index (χ3v) is 3.60. The molecule has 0 aromatic carbocycles. The molecule has 1 saturated carbocycles. The molecule has 1 spiro atoms. The molecule has 1 aliphatic heterocycles. The largest absolute Gasteiger partial charge is 0.467 e. The van der Waals surface area contributed by atoms with Gasteiger partial charge in [-0.3, -0.25) is 0 Å². The van der Waals surface area contributed by atoms with Crippen LogP contribution in [0.2, 0.25) is 0 Å². The fourth-order valence-electron chi connectivity index (χ4n) is 3.34. The quantitative estimate of drug-likeness (QED) is 0.681. The molecule has 14 heavy (non-hydrogen) atoms. The van der Waals surface area contributed by atoms with E-state index in [1.807, 2.05) is 6.26 Å². The zero-order valence-electron chi connectivity index (χ0n) is 8.89. The summed E-state index contributed by atoms with van der Waals surface area (Å²) >= 11 is 0. The lowest BCUT2D eigenvalue weighted by Crippen LogP contribution is -2.58. The summed E-state index contributed by atoms with van der Waals surface area (Å²) in [6.45, 7) is 5.76. The monoisotopic (exact) mass is 191 g/mol. The number of hydrogen-bond acceptors (Lipinski definition) is 2. The highest BCUT2D eigenvalue weighted by atomic mass is 16.3. The van der Waals surface area contributed by atoms with E-state index in [4.69, 9.17) is 4.42 Å². The fourth-order valence-corrected chi connectivity index (χ4v) is 3.34. The van der Waals surface area contributed by atoms with Crippen LogP contribution in [0.4, 0.5) is 0 Å². The van der Waals surface area contributed by atoms with Crippen LogP contribution in [0.25, 0.3) is 0 Å². The van der Waals surface area contributed by atoms with Crippen LogP contribution in [0.3, 0.4) is 0 Å². The Kier molecular flexibility index (Phi) is 1.48. The highest BCUT2D eigenvalue weighted by Crippen LogP contribution is 2.55. The minimum Gasteiger partial charge on any atom is -0.467 e. The van der Waals surface area contributed by atoms with Crippen LogP contribution in [0, 0.1) is 5.41 Å². The fraction of sp³-hybridized carbons (Fsp3) is 0.667. The van der Waals surface area contributed by atoms with Crippen molar-refractivity contribution in [1.82, 2.24) is 5.32 Å². The van der Waals surface area contributed by atoms with E-state index in [-0.39, 0.29) is 5.54 Å². The maximum atomic E-state index is 5.64. The summed E-state index contributed by atoms with van der Waals surface area (Å²) in [6, 6.07) is 2.13. The minimum atomic E-state index is 0.181. The van der Waals surface area contributed by atoms with Crippen LogP contribution in [0.5, 0.6) is 0 Å². The first-order valence-electron chi connectivity index (χ1n) is 5.43. The zero-order chi connectivity index (χ0) is 9.81. The number of fused-ring (bicyclic) bond motifs is 2. The third kappa shape index (κ3) is 1.01. The molecular formula is C12H17NO. The molecule has 1 aliphatic carbocycles. The van der Waals surface area contributed by atoms with Gasteiger partial charge < -0.3 is 9.73 Å². The Labute approximate surface area is 84.7 Å². The van der Waals surface area contributed by atoms with Crippen LogP contribution in [0.1, 0.15) is 38.0 Å². The molecule has 2 heteroatoms. The lowest BCUT2D eigenvalue weighted by atomic mass is 9.57. The molecule has 0 bridgehead atoms. The normalized spacial score (nSPS) is 27.0. The molecule has 0 radical (unpaired) electrons. The van der Waals surface area contributed by atoms with Gasteiger partial charge in [0.05, 0.1) is 11.8 Å². The van der Waals surface area contributed by atoms with Gasteiger partial charge in [-0.2, -0.15) is 0 Å². The van der Waals surface area contributed by atoms with Gasteiger partial charge in [-0.15, -0.1) is 0 Å². The van der Waals surface area contributed by atoms with Crippen LogP contribution >= 0.6 is 0 Å². The average molecular weight is 191 g/mol. The second kappa shape index (κ2) is 2.43. The Hall–Kier alpha value is -0.760. The predicted molar refractivity (Wildman–Crippen MR) is 55.1 cm³/mol. The minimum absolute atomic E-state index is 0.181. The van der Waals surface area contributed by atoms with Crippen molar-refractivity contribution >= 4 is 0 Å². The average Bonchev–Trinajstić information content (AvgIpc) is 2.49. The standard InChI is InChI=1S/C12H17NO/c1-11(2)7-12(8-11)10-9(3-5-13-12)4-6-14-10/h4,6,13H,3,5,7-8H2,1-2H3. The van der Waals surface area contributed by atoms with Gasteiger partial charge in [-0.05, 0) is 36.3 Å². The van der Waals surface area contributed by atoms with Crippen molar-refractivity contribution in [1.29, 1.82) is 0 Å². The molecule has 2 nitrogen and oxygen atoms in total. The summed E-state index contributed by atoms with van der Waals surface area (Å²) in [5.41, 5.74) is 2.08. The van der Waals surface area contributed by atoms with Crippen molar-refractivity contribution in [2.24, 2.45) is 5.41 Å². The van der Waals surface area contributed by atoms with Gasteiger partial charge in [0.25, 0.3) is 0 Å². The molecule has 2 aliphatic rings. The lowest BCUT2D eigenvalue weighted by molar-refractivity contribution is 0.00642. The molecule has 0 unspecified atom stereocenters. The van der Waals surface area contributed by atoms with Gasteiger partial charge in [-0.1, -0.05) is 13.8 Å². The van der Waals surface area contributed by atoms with Gasteiger partial charge in [0, 0.05) is 6.54 Å². The first-order chi connectivity index (χ1) is 6.61. The van der Waals surface area contributed by atoms with Crippen LogP contribution in [-0.2, 0) is 12.0 Å². The Morgan fingerprint density at radius 2 is 2.14 bits per heavy atom. The van der Waals surface area contributed by atoms with Gasteiger partial charge in [0.2, 0.25) is 0 Å². The number of nitrogens with one attached hydrogen (secondary N) is 1.